The summed E-state index contributed by atoms with van der Waals surface area (Å²) < 4.78 is 15.7. The van der Waals surface area contributed by atoms with Gasteiger partial charge in [-0.15, -0.1) is 0 Å². The molecular formula is C52H39N3O2. The van der Waals surface area contributed by atoms with Crippen LogP contribution in [-0.2, 0) is 0 Å². The van der Waals surface area contributed by atoms with E-state index in [1.54, 1.807) is 6.08 Å². The van der Waals surface area contributed by atoms with Gasteiger partial charge >= 0.3 is 0 Å². The summed E-state index contributed by atoms with van der Waals surface area (Å²) in [7, 11) is 0. The Labute approximate surface area is 332 Å². The molecule has 0 fully saturated rings. The van der Waals surface area contributed by atoms with Crippen molar-refractivity contribution in [1.82, 2.24) is 4.57 Å². The van der Waals surface area contributed by atoms with Crippen LogP contribution in [0.5, 0.6) is 23.0 Å². The summed E-state index contributed by atoms with van der Waals surface area (Å²) in [6.07, 6.45) is 9.87. The Balaban J connectivity index is 1.16. The minimum Gasteiger partial charge on any atom is -0.449 e. The Morgan fingerprint density at radius 2 is 1.33 bits per heavy atom. The molecule has 8 aromatic rings. The van der Waals surface area contributed by atoms with E-state index in [9.17, 15) is 0 Å². The average molecular weight is 738 g/mol. The van der Waals surface area contributed by atoms with Crippen molar-refractivity contribution in [2.45, 2.75) is 6.92 Å². The zero-order valence-electron chi connectivity index (χ0n) is 31.6. The van der Waals surface area contributed by atoms with Gasteiger partial charge in [-0.25, -0.2) is 0 Å². The van der Waals surface area contributed by atoms with Crippen molar-refractivity contribution in [1.29, 1.82) is 0 Å². The molecule has 0 amide bonds. The number of rotatable bonds is 10. The zero-order chi connectivity index (χ0) is 38.7. The van der Waals surface area contributed by atoms with Crippen LogP contribution in [0.15, 0.2) is 204 Å². The summed E-state index contributed by atoms with van der Waals surface area (Å²) in [5, 5.41) is 4.41. The van der Waals surface area contributed by atoms with Crippen molar-refractivity contribution in [3.05, 3.63) is 205 Å². The van der Waals surface area contributed by atoms with Crippen molar-refractivity contribution in [2.24, 2.45) is 9.98 Å². The second kappa shape index (κ2) is 15.3. The van der Waals surface area contributed by atoms with E-state index >= 15 is 0 Å². The Morgan fingerprint density at radius 3 is 2.07 bits per heavy atom. The van der Waals surface area contributed by atoms with Crippen molar-refractivity contribution < 1.29 is 9.47 Å². The molecule has 0 unspecified atom stereocenters. The SMILES string of the molecule is C=C/C=C(\C=C/C)CN=C(/C=C(\N=C)c1ccccc1)c1cccc(-c2ccc(-n3c4ccccc4c4c5ccccc5c5c(c43)Oc3ccccc3O5)cc2)c1. The van der Waals surface area contributed by atoms with E-state index in [2.05, 4.69) is 126 Å². The van der Waals surface area contributed by atoms with Crippen LogP contribution in [0.25, 0.3) is 55.1 Å². The first-order valence-electron chi connectivity index (χ1n) is 19.0. The van der Waals surface area contributed by atoms with Gasteiger partial charge in [0.2, 0.25) is 0 Å². The maximum absolute atomic E-state index is 6.76. The quantitative estimate of drug-likeness (QED) is 0.104. The molecule has 5 heteroatoms. The first-order valence-corrected chi connectivity index (χ1v) is 19.0. The molecule has 274 valence electrons. The van der Waals surface area contributed by atoms with E-state index in [4.69, 9.17) is 14.5 Å². The number of aromatic nitrogens is 1. The van der Waals surface area contributed by atoms with E-state index in [1.807, 2.05) is 79.7 Å². The largest absolute Gasteiger partial charge is 0.449 e. The normalized spacial score (nSPS) is 13.0. The summed E-state index contributed by atoms with van der Waals surface area (Å²) in [6.45, 7) is 10.3. The van der Waals surface area contributed by atoms with Crippen LogP contribution in [-0.4, -0.2) is 23.5 Å². The van der Waals surface area contributed by atoms with Gasteiger partial charge < -0.3 is 14.0 Å². The number of aliphatic imine (C=N–C) groups is 2. The predicted octanol–water partition coefficient (Wildman–Crippen LogP) is 13.7. The molecule has 5 nitrogen and oxygen atoms in total. The molecule has 0 N–H and O–H groups in total. The number of benzene rings is 7. The molecule has 0 aliphatic carbocycles. The fourth-order valence-corrected chi connectivity index (χ4v) is 7.70. The van der Waals surface area contributed by atoms with Crippen molar-refractivity contribution in [3.8, 4) is 39.8 Å². The van der Waals surface area contributed by atoms with Gasteiger partial charge in [-0.3, -0.25) is 9.98 Å². The van der Waals surface area contributed by atoms with Crippen LogP contribution in [0.2, 0.25) is 0 Å². The predicted molar refractivity (Wildman–Crippen MR) is 239 cm³/mol. The monoisotopic (exact) mass is 737 g/mol. The molecule has 1 aliphatic heterocycles. The van der Waals surface area contributed by atoms with Crippen molar-refractivity contribution in [3.63, 3.8) is 0 Å². The highest BCUT2D eigenvalue weighted by Gasteiger charge is 2.29. The molecule has 0 atom stereocenters. The van der Waals surface area contributed by atoms with Crippen molar-refractivity contribution >= 4 is 50.7 Å². The number of para-hydroxylation sites is 3. The standard InChI is InChI=1S/C52H39N3O2/c1-4-16-35(17-5-2)34-54-45(33-44(53-3)37-18-7-6-8-19-37)39-21-15-20-38(32-39)36-28-30-40(31-29-36)55-46-25-12-11-24-43(46)49-41-22-9-10-23-42(41)51-52(50(49)55)57-48-27-14-13-26-47(48)56-51/h4-33H,1,3,34H2,2H3/b17-5-,35-16+,44-33-,54-45?. The third kappa shape index (κ3) is 6.55. The Hall–Kier alpha value is -7.50. The van der Waals surface area contributed by atoms with Crippen LogP contribution < -0.4 is 9.47 Å². The maximum Gasteiger partial charge on any atom is 0.195 e. The highest BCUT2D eigenvalue weighted by atomic mass is 16.6. The fourth-order valence-electron chi connectivity index (χ4n) is 7.70. The molecule has 7 aromatic carbocycles. The van der Waals surface area contributed by atoms with Gasteiger partial charge in [0.1, 0.15) is 5.52 Å². The van der Waals surface area contributed by atoms with E-state index < -0.39 is 0 Å². The van der Waals surface area contributed by atoms with Gasteiger partial charge in [-0.2, -0.15) is 0 Å². The molecule has 9 rings (SSSR count). The molecule has 0 saturated heterocycles. The first-order chi connectivity index (χ1) is 28.1. The summed E-state index contributed by atoms with van der Waals surface area (Å²) in [5.74, 6) is 2.83. The third-order valence-electron chi connectivity index (χ3n) is 10.3. The summed E-state index contributed by atoms with van der Waals surface area (Å²) in [5.41, 5.74) is 9.79. The number of fused-ring (bicyclic) bond motifs is 9. The Kier molecular flexibility index (Phi) is 9.47. The Bertz CT molecular complexity index is 2960. The second-order valence-corrected chi connectivity index (χ2v) is 13.8. The number of ether oxygens (including phenoxy) is 2. The second-order valence-electron chi connectivity index (χ2n) is 13.8. The minimum atomic E-state index is 0.485. The third-order valence-corrected chi connectivity index (χ3v) is 10.3. The van der Waals surface area contributed by atoms with Crippen LogP contribution in [0.4, 0.5) is 0 Å². The Morgan fingerprint density at radius 1 is 0.667 bits per heavy atom. The van der Waals surface area contributed by atoms with Gasteiger partial charge in [-0.1, -0.05) is 146 Å². The number of nitrogens with zero attached hydrogens (tertiary/aromatic N) is 3. The van der Waals surface area contributed by atoms with Crippen LogP contribution in [0, 0.1) is 0 Å². The van der Waals surface area contributed by atoms with E-state index in [0.717, 1.165) is 83.3 Å². The number of hydrogen-bond donors (Lipinski definition) is 0. The fraction of sp³-hybridized carbons (Fsp3) is 0.0385. The molecule has 1 aromatic heterocycles. The molecular weight excluding hydrogens is 699 g/mol. The molecule has 0 bridgehead atoms. The smallest absolute Gasteiger partial charge is 0.195 e. The minimum absolute atomic E-state index is 0.485. The molecule has 0 saturated carbocycles. The summed E-state index contributed by atoms with van der Waals surface area (Å²) >= 11 is 0. The molecule has 57 heavy (non-hydrogen) atoms. The number of allylic oxidation sites excluding steroid dienone is 4. The van der Waals surface area contributed by atoms with E-state index in [1.165, 1.54) is 0 Å². The lowest BCUT2D eigenvalue weighted by Crippen LogP contribution is -2.03. The lowest BCUT2D eigenvalue weighted by molar-refractivity contribution is 0.366. The van der Waals surface area contributed by atoms with Gasteiger partial charge in [-0.05, 0) is 78.2 Å². The van der Waals surface area contributed by atoms with Crippen LogP contribution >= 0.6 is 0 Å². The molecule has 0 spiro atoms. The van der Waals surface area contributed by atoms with Gasteiger partial charge in [0.15, 0.2) is 23.0 Å². The lowest BCUT2D eigenvalue weighted by Gasteiger charge is -2.24. The van der Waals surface area contributed by atoms with Crippen molar-refractivity contribution in [2.75, 3.05) is 6.54 Å². The average Bonchev–Trinajstić information content (AvgIpc) is 3.62. The lowest BCUT2D eigenvalue weighted by atomic mass is 9.99. The highest BCUT2D eigenvalue weighted by Crippen LogP contribution is 2.54. The van der Waals surface area contributed by atoms with E-state index in [-0.39, 0.29) is 0 Å². The zero-order valence-corrected chi connectivity index (χ0v) is 31.6. The van der Waals surface area contributed by atoms with Crippen LogP contribution in [0.1, 0.15) is 18.1 Å². The molecule has 1 aliphatic rings. The molecule has 2 heterocycles. The van der Waals surface area contributed by atoms with E-state index in [0.29, 0.717) is 23.8 Å². The number of hydrogen-bond acceptors (Lipinski definition) is 4. The first kappa shape index (κ1) is 35.2. The van der Waals surface area contributed by atoms with Gasteiger partial charge in [0, 0.05) is 33.0 Å². The topological polar surface area (TPSA) is 48.1 Å². The maximum atomic E-state index is 6.76. The highest BCUT2D eigenvalue weighted by molar-refractivity contribution is 6.25. The van der Waals surface area contributed by atoms with Crippen LogP contribution in [0.3, 0.4) is 0 Å². The summed E-state index contributed by atoms with van der Waals surface area (Å²) in [4.78, 5) is 9.52. The van der Waals surface area contributed by atoms with Gasteiger partial charge in [0.25, 0.3) is 0 Å². The summed E-state index contributed by atoms with van der Waals surface area (Å²) in [6, 6.07) is 52.1. The van der Waals surface area contributed by atoms with Gasteiger partial charge in [0.05, 0.1) is 23.5 Å². The molecule has 0 radical (unpaired) electrons.